The first kappa shape index (κ1) is 26.0. The fourth-order valence-electron chi connectivity index (χ4n) is 6.51. The Kier molecular flexibility index (Phi) is 5.72. The minimum Gasteiger partial charge on any atom is -0.399 e. The van der Waals surface area contributed by atoms with Gasteiger partial charge >= 0.3 is 7.12 Å². The molecule has 43 heavy (non-hydrogen) atoms. The fraction of sp³-hybridized carbons (Fsp3) is 0.150. The van der Waals surface area contributed by atoms with Gasteiger partial charge in [-0.25, -0.2) is 0 Å². The molecule has 7 aromatic carbocycles. The summed E-state index contributed by atoms with van der Waals surface area (Å²) in [5, 5.41) is 9.52. The number of hydrogen-bond acceptors (Lipinski definition) is 2. The summed E-state index contributed by atoms with van der Waals surface area (Å²) in [6.07, 6.45) is 0. The predicted octanol–water partition coefficient (Wildman–Crippen LogP) is 9.53. The maximum absolute atomic E-state index is 6.52. The Morgan fingerprint density at radius 3 is 1.88 bits per heavy atom. The van der Waals surface area contributed by atoms with Crippen LogP contribution in [0.4, 0.5) is 0 Å². The van der Waals surface area contributed by atoms with Crippen LogP contribution in [-0.2, 0) is 9.31 Å². The van der Waals surface area contributed by atoms with E-state index in [0.717, 1.165) is 16.2 Å². The second kappa shape index (κ2) is 9.45. The van der Waals surface area contributed by atoms with Crippen molar-refractivity contribution in [2.45, 2.75) is 38.9 Å². The van der Waals surface area contributed by atoms with Crippen molar-refractivity contribution >= 4 is 55.7 Å². The van der Waals surface area contributed by atoms with Crippen molar-refractivity contribution in [2.24, 2.45) is 0 Å². The molecule has 0 N–H and O–H groups in total. The topological polar surface area (TPSA) is 18.5 Å². The van der Waals surface area contributed by atoms with Crippen LogP contribution < -0.4 is 5.46 Å². The van der Waals surface area contributed by atoms with Gasteiger partial charge in [-0.3, -0.25) is 0 Å². The van der Waals surface area contributed by atoms with E-state index in [1.807, 2.05) is 6.07 Å². The molecule has 7 aromatic rings. The molecule has 0 radical (unpaired) electrons. The summed E-state index contributed by atoms with van der Waals surface area (Å²) in [5.74, 6) is 0. The summed E-state index contributed by atoms with van der Waals surface area (Å²) >= 11 is 0. The molecule has 0 atom stereocenters. The fourth-order valence-corrected chi connectivity index (χ4v) is 6.51. The number of rotatable bonds is 3. The molecule has 1 heterocycles. The Labute approximate surface area is 253 Å². The van der Waals surface area contributed by atoms with Gasteiger partial charge in [0.2, 0.25) is 0 Å². The monoisotopic (exact) mass is 554 g/mol. The number of benzene rings is 6. The first-order chi connectivity index (χ1) is 20.8. The van der Waals surface area contributed by atoms with Crippen LogP contribution in [0.5, 0.6) is 0 Å². The SMILES string of the molecule is CC1(C)OB(c2ccc3c(-c4ccc5ccccc5c4)c4ccccc4c(-c4ccc5c#cccc5c4)c3c2)OC1(C)C. The average molecular weight is 554 g/mol. The molecule has 0 saturated carbocycles. The summed E-state index contributed by atoms with van der Waals surface area (Å²) < 4.78 is 13.0. The quantitative estimate of drug-likeness (QED) is 0.160. The van der Waals surface area contributed by atoms with E-state index >= 15 is 0 Å². The summed E-state index contributed by atoms with van der Waals surface area (Å²) in [4.78, 5) is 0. The second-order valence-corrected chi connectivity index (χ2v) is 12.7. The van der Waals surface area contributed by atoms with E-state index in [1.165, 1.54) is 54.6 Å². The third-order valence-electron chi connectivity index (χ3n) is 9.50. The van der Waals surface area contributed by atoms with Crippen LogP contribution in [0.2, 0.25) is 0 Å². The Morgan fingerprint density at radius 2 is 1.14 bits per heavy atom. The molecule has 206 valence electrons. The summed E-state index contributed by atoms with van der Waals surface area (Å²) in [6.45, 7) is 8.42. The molecule has 0 spiro atoms. The van der Waals surface area contributed by atoms with E-state index in [4.69, 9.17) is 9.31 Å². The van der Waals surface area contributed by atoms with Crippen LogP contribution in [0.1, 0.15) is 27.7 Å². The Hall–Kier alpha value is -4.62. The first-order valence-corrected chi connectivity index (χ1v) is 14.9. The molecule has 8 rings (SSSR count). The zero-order chi connectivity index (χ0) is 29.3. The van der Waals surface area contributed by atoms with E-state index in [1.54, 1.807) is 0 Å². The van der Waals surface area contributed by atoms with E-state index in [2.05, 4.69) is 149 Å². The van der Waals surface area contributed by atoms with Gasteiger partial charge in [0.1, 0.15) is 0 Å². The molecule has 0 bridgehead atoms. The highest BCUT2D eigenvalue weighted by Crippen LogP contribution is 2.45. The Balaban J connectivity index is 1.46. The molecule has 0 aliphatic carbocycles. The van der Waals surface area contributed by atoms with E-state index < -0.39 is 18.3 Å². The predicted molar refractivity (Wildman–Crippen MR) is 181 cm³/mol. The van der Waals surface area contributed by atoms with E-state index in [-0.39, 0.29) is 0 Å². The smallest absolute Gasteiger partial charge is 0.399 e. The molecule has 2 nitrogen and oxygen atoms in total. The lowest BCUT2D eigenvalue weighted by atomic mass is 9.76. The zero-order valence-electron chi connectivity index (χ0n) is 24.9. The van der Waals surface area contributed by atoms with Crippen molar-refractivity contribution in [1.29, 1.82) is 0 Å². The van der Waals surface area contributed by atoms with Crippen molar-refractivity contribution in [3.05, 3.63) is 127 Å². The molecule has 3 heteroatoms. The van der Waals surface area contributed by atoms with Gasteiger partial charge in [-0.05, 0) is 123 Å². The molecule has 1 aliphatic heterocycles. The third kappa shape index (κ3) is 4.14. The summed E-state index contributed by atoms with van der Waals surface area (Å²) in [6, 6.07) is 47.9. The lowest BCUT2D eigenvalue weighted by Crippen LogP contribution is -2.41. The molecular formula is C40H31BO2. The second-order valence-electron chi connectivity index (χ2n) is 12.7. The molecule has 0 unspecified atom stereocenters. The number of fused-ring (bicyclic) bond motifs is 4. The maximum Gasteiger partial charge on any atom is 0.494 e. The van der Waals surface area contributed by atoms with Gasteiger partial charge < -0.3 is 9.31 Å². The molecule has 1 aliphatic rings. The van der Waals surface area contributed by atoms with Gasteiger partial charge in [-0.1, -0.05) is 97.1 Å². The van der Waals surface area contributed by atoms with Crippen LogP contribution in [0, 0.1) is 12.1 Å². The standard InChI is InChI=1S/C40H31BO2/c1-39(2)40(3,4)43-41(42-39)32-21-22-35-36(25-32)38(31-20-18-27-12-6-8-14-29(27)24-31)34-16-10-9-15-33(34)37(35)30-19-17-26-11-5-7-13-28(26)23-30/h5,7-11,13-25H,1-4H3. The highest BCUT2D eigenvalue weighted by atomic mass is 16.7. The maximum atomic E-state index is 6.52. The van der Waals surface area contributed by atoms with Gasteiger partial charge in [0, 0.05) is 5.39 Å². The minimum absolute atomic E-state index is 0.416. The first-order valence-electron chi connectivity index (χ1n) is 14.9. The summed E-state index contributed by atoms with van der Waals surface area (Å²) in [7, 11) is -0.445. The Morgan fingerprint density at radius 1 is 0.535 bits per heavy atom. The van der Waals surface area contributed by atoms with Crippen LogP contribution in [-0.4, -0.2) is 18.3 Å². The van der Waals surface area contributed by atoms with Crippen LogP contribution in [0.3, 0.4) is 0 Å². The van der Waals surface area contributed by atoms with Crippen LogP contribution in [0.25, 0.3) is 65.3 Å². The van der Waals surface area contributed by atoms with Gasteiger partial charge in [0.05, 0.1) is 11.2 Å². The molecular weight excluding hydrogens is 523 g/mol. The lowest BCUT2D eigenvalue weighted by molar-refractivity contribution is 0.00578. The van der Waals surface area contributed by atoms with Gasteiger partial charge in [-0.2, -0.15) is 0 Å². The van der Waals surface area contributed by atoms with Crippen molar-refractivity contribution in [2.75, 3.05) is 0 Å². The minimum atomic E-state index is -0.445. The van der Waals surface area contributed by atoms with Gasteiger partial charge in [0.15, 0.2) is 0 Å². The van der Waals surface area contributed by atoms with Crippen molar-refractivity contribution in [3.8, 4) is 22.3 Å². The van der Waals surface area contributed by atoms with Gasteiger partial charge in [0.25, 0.3) is 0 Å². The Bertz CT molecular complexity index is 2200. The third-order valence-corrected chi connectivity index (χ3v) is 9.50. The average Bonchev–Trinajstić information content (AvgIpc) is 3.25. The van der Waals surface area contributed by atoms with Gasteiger partial charge in [-0.15, -0.1) is 0 Å². The molecule has 0 amide bonds. The highest BCUT2D eigenvalue weighted by Gasteiger charge is 2.51. The zero-order valence-corrected chi connectivity index (χ0v) is 24.9. The van der Waals surface area contributed by atoms with Crippen LogP contribution >= 0.6 is 0 Å². The number of hydrogen-bond donors (Lipinski definition) is 0. The van der Waals surface area contributed by atoms with Crippen molar-refractivity contribution in [1.82, 2.24) is 0 Å². The van der Waals surface area contributed by atoms with Crippen LogP contribution in [0.15, 0.2) is 115 Å². The van der Waals surface area contributed by atoms with Crippen molar-refractivity contribution < 1.29 is 9.31 Å². The van der Waals surface area contributed by atoms with E-state index in [0.29, 0.717) is 0 Å². The highest BCUT2D eigenvalue weighted by molar-refractivity contribution is 6.62. The summed E-state index contributed by atoms with van der Waals surface area (Å²) in [5.41, 5.74) is 5.02. The molecule has 0 aromatic heterocycles. The van der Waals surface area contributed by atoms with E-state index in [9.17, 15) is 0 Å². The largest absolute Gasteiger partial charge is 0.494 e. The lowest BCUT2D eigenvalue weighted by Gasteiger charge is -2.32. The van der Waals surface area contributed by atoms with Crippen molar-refractivity contribution in [3.63, 3.8) is 0 Å². The molecule has 1 fully saturated rings. The molecule has 1 saturated heterocycles. The normalized spacial score (nSPS) is 15.9.